The molecule has 0 atom stereocenters. The first-order valence-corrected chi connectivity index (χ1v) is 10.2. The predicted octanol–water partition coefficient (Wildman–Crippen LogP) is 2.15. The molecule has 0 saturated heterocycles. The van der Waals surface area contributed by atoms with Crippen molar-refractivity contribution >= 4 is 40.7 Å². The Labute approximate surface area is 182 Å². The summed E-state index contributed by atoms with van der Waals surface area (Å²) in [7, 11) is 0. The minimum atomic E-state index is -0.625. The number of nitrogens with two attached hydrogens (primary N) is 1. The average Bonchev–Trinajstić information content (AvgIpc) is 3.32. The molecule has 0 radical (unpaired) electrons. The Morgan fingerprint density at radius 1 is 0.806 bits per heavy atom. The number of amides is 4. The number of benzene rings is 2. The summed E-state index contributed by atoms with van der Waals surface area (Å²) in [6.07, 6.45) is 0. The van der Waals surface area contributed by atoms with Crippen LogP contribution in [-0.4, -0.2) is 30.2 Å². The number of thiophene rings is 1. The molecule has 1 heterocycles. The van der Waals surface area contributed by atoms with E-state index >= 15 is 0 Å². The van der Waals surface area contributed by atoms with E-state index in [4.69, 9.17) is 5.73 Å². The Bertz CT molecular complexity index is 1090. The molecule has 1 aromatic heterocycles. The van der Waals surface area contributed by atoms with Crippen LogP contribution in [0.4, 0.5) is 5.69 Å². The Morgan fingerprint density at radius 2 is 1.55 bits per heavy atom. The first-order chi connectivity index (χ1) is 14.9. The van der Waals surface area contributed by atoms with E-state index in [2.05, 4.69) is 16.0 Å². The lowest BCUT2D eigenvalue weighted by Crippen LogP contribution is -2.33. The molecule has 0 unspecified atom stereocenters. The summed E-state index contributed by atoms with van der Waals surface area (Å²) in [4.78, 5) is 47.6. The van der Waals surface area contributed by atoms with E-state index in [-0.39, 0.29) is 24.9 Å². The van der Waals surface area contributed by atoms with Crippen LogP contribution >= 0.6 is 11.3 Å². The minimum Gasteiger partial charge on any atom is -0.368 e. The molecule has 0 spiro atoms. The highest BCUT2D eigenvalue weighted by molar-refractivity contribution is 7.08. The first-order valence-electron chi connectivity index (χ1n) is 9.30. The van der Waals surface area contributed by atoms with Gasteiger partial charge in [-0.25, -0.2) is 0 Å². The van der Waals surface area contributed by atoms with Gasteiger partial charge in [0.25, 0.3) is 17.7 Å². The number of carbonyl (C=O) groups is 4. The van der Waals surface area contributed by atoms with Crippen molar-refractivity contribution in [1.82, 2.24) is 10.6 Å². The molecular formula is C22H20N4O4S. The lowest BCUT2D eigenvalue weighted by molar-refractivity contribution is -0.117. The third kappa shape index (κ3) is 6.00. The van der Waals surface area contributed by atoms with Gasteiger partial charge in [-0.1, -0.05) is 24.3 Å². The van der Waals surface area contributed by atoms with Crippen molar-refractivity contribution in [3.8, 4) is 0 Å². The van der Waals surface area contributed by atoms with Crippen LogP contribution in [0.5, 0.6) is 0 Å². The van der Waals surface area contributed by atoms with Crippen molar-refractivity contribution in [2.45, 2.75) is 6.54 Å². The van der Waals surface area contributed by atoms with Gasteiger partial charge in [0, 0.05) is 17.5 Å². The van der Waals surface area contributed by atoms with E-state index in [0.29, 0.717) is 22.4 Å². The molecule has 0 aliphatic rings. The van der Waals surface area contributed by atoms with E-state index in [0.717, 1.165) is 5.56 Å². The van der Waals surface area contributed by atoms with Crippen LogP contribution in [0.25, 0.3) is 0 Å². The van der Waals surface area contributed by atoms with Gasteiger partial charge < -0.3 is 21.7 Å². The largest absolute Gasteiger partial charge is 0.368 e. The zero-order chi connectivity index (χ0) is 22.2. The lowest BCUT2D eigenvalue weighted by Gasteiger charge is -2.11. The summed E-state index contributed by atoms with van der Waals surface area (Å²) in [5.41, 5.74) is 7.44. The molecule has 9 heteroatoms. The molecule has 0 aliphatic carbocycles. The van der Waals surface area contributed by atoms with Gasteiger partial charge in [-0.2, -0.15) is 11.3 Å². The van der Waals surface area contributed by atoms with E-state index in [1.807, 2.05) is 0 Å². The molecule has 0 fully saturated rings. The van der Waals surface area contributed by atoms with Crippen molar-refractivity contribution in [3.63, 3.8) is 0 Å². The molecule has 4 amide bonds. The Balaban J connectivity index is 1.60. The number of rotatable bonds is 8. The Kier molecular flexibility index (Phi) is 7.13. The van der Waals surface area contributed by atoms with Crippen LogP contribution in [0, 0.1) is 0 Å². The van der Waals surface area contributed by atoms with Gasteiger partial charge in [-0.05, 0) is 41.3 Å². The van der Waals surface area contributed by atoms with Gasteiger partial charge in [0.1, 0.15) is 0 Å². The maximum absolute atomic E-state index is 12.7. The van der Waals surface area contributed by atoms with E-state index in [1.165, 1.54) is 11.3 Å². The van der Waals surface area contributed by atoms with Crippen LogP contribution in [0.3, 0.4) is 0 Å². The smallest absolute Gasteiger partial charge is 0.256 e. The minimum absolute atomic E-state index is 0.231. The standard InChI is InChI=1S/C22H20N4O4S/c23-19(27)12-25-20(28)15-7-5-14(6-8-15)11-24-22(30)17-3-1-2-4-18(17)26-21(29)16-9-10-31-13-16/h1-10,13H,11-12H2,(H2,23,27)(H,24,30)(H,25,28)(H,26,29). The summed E-state index contributed by atoms with van der Waals surface area (Å²) in [6.45, 7) is -0.00612. The molecule has 2 aromatic carbocycles. The maximum atomic E-state index is 12.7. The lowest BCUT2D eigenvalue weighted by atomic mass is 10.1. The van der Waals surface area contributed by atoms with E-state index < -0.39 is 11.8 Å². The van der Waals surface area contributed by atoms with Gasteiger partial charge in [0.2, 0.25) is 5.91 Å². The number of para-hydroxylation sites is 1. The molecule has 3 rings (SSSR count). The summed E-state index contributed by atoms with van der Waals surface area (Å²) in [6, 6.07) is 15.0. The fourth-order valence-electron chi connectivity index (χ4n) is 2.70. The molecule has 31 heavy (non-hydrogen) atoms. The second kappa shape index (κ2) is 10.2. The van der Waals surface area contributed by atoms with Crippen molar-refractivity contribution in [3.05, 3.63) is 87.6 Å². The number of primary amides is 1. The normalized spacial score (nSPS) is 10.2. The highest BCUT2D eigenvalue weighted by atomic mass is 32.1. The van der Waals surface area contributed by atoms with E-state index in [9.17, 15) is 19.2 Å². The Morgan fingerprint density at radius 3 is 2.23 bits per heavy atom. The third-order valence-electron chi connectivity index (χ3n) is 4.30. The van der Waals surface area contributed by atoms with Crippen LogP contribution < -0.4 is 21.7 Å². The zero-order valence-corrected chi connectivity index (χ0v) is 17.2. The molecule has 0 aliphatic heterocycles. The number of carbonyl (C=O) groups excluding carboxylic acids is 4. The molecule has 158 valence electrons. The van der Waals surface area contributed by atoms with Crippen LogP contribution in [0.1, 0.15) is 36.6 Å². The summed E-state index contributed by atoms with van der Waals surface area (Å²) < 4.78 is 0. The second-order valence-electron chi connectivity index (χ2n) is 6.54. The SMILES string of the molecule is NC(=O)CNC(=O)c1ccc(CNC(=O)c2ccccc2NC(=O)c2ccsc2)cc1. The number of hydrogen-bond acceptors (Lipinski definition) is 5. The van der Waals surface area contributed by atoms with Crippen LogP contribution in [-0.2, 0) is 11.3 Å². The molecule has 3 aromatic rings. The zero-order valence-electron chi connectivity index (χ0n) is 16.4. The van der Waals surface area contributed by atoms with Crippen molar-refractivity contribution in [1.29, 1.82) is 0 Å². The third-order valence-corrected chi connectivity index (χ3v) is 4.98. The summed E-state index contributed by atoms with van der Waals surface area (Å²) in [5, 5.41) is 11.5. The van der Waals surface area contributed by atoms with Gasteiger partial charge in [-0.15, -0.1) is 0 Å². The van der Waals surface area contributed by atoms with Crippen molar-refractivity contribution < 1.29 is 19.2 Å². The number of nitrogens with one attached hydrogen (secondary N) is 3. The van der Waals surface area contributed by atoms with Crippen molar-refractivity contribution in [2.24, 2.45) is 5.73 Å². The number of anilines is 1. The van der Waals surface area contributed by atoms with Crippen LogP contribution in [0.2, 0.25) is 0 Å². The van der Waals surface area contributed by atoms with Crippen molar-refractivity contribution in [2.75, 3.05) is 11.9 Å². The summed E-state index contributed by atoms with van der Waals surface area (Å²) in [5.74, 6) is -1.67. The molecule has 0 saturated carbocycles. The number of hydrogen-bond donors (Lipinski definition) is 4. The topological polar surface area (TPSA) is 130 Å². The fourth-order valence-corrected chi connectivity index (χ4v) is 3.34. The highest BCUT2D eigenvalue weighted by Gasteiger charge is 2.14. The molecule has 8 nitrogen and oxygen atoms in total. The van der Waals surface area contributed by atoms with Gasteiger partial charge in [0.15, 0.2) is 0 Å². The molecule has 0 bridgehead atoms. The molecular weight excluding hydrogens is 416 g/mol. The second-order valence-corrected chi connectivity index (χ2v) is 7.32. The highest BCUT2D eigenvalue weighted by Crippen LogP contribution is 2.17. The predicted molar refractivity (Wildman–Crippen MR) is 118 cm³/mol. The quantitative estimate of drug-likeness (QED) is 0.431. The van der Waals surface area contributed by atoms with Gasteiger partial charge >= 0.3 is 0 Å². The summed E-state index contributed by atoms with van der Waals surface area (Å²) >= 11 is 1.42. The fraction of sp³-hybridized carbons (Fsp3) is 0.0909. The Hall–Kier alpha value is -3.98. The molecule has 5 N–H and O–H groups in total. The van der Waals surface area contributed by atoms with Crippen LogP contribution in [0.15, 0.2) is 65.4 Å². The van der Waals surface area contributed by atoms with E-state index in [1.54, 1.807) is 65.4 Å². The maximum Gasteiger partial charge on any atom is 0.256 e. The monoisotopic (exact) mass is 436 g/mol. The van der Waals surface area contributed by atoms with Gasteiger partial charge in [-0.3, -0.25) is 19.2 Å². The average molecular weight is 436 g/mol. The first kappa shape index (κ1) is 21.7. The van der Waals surface area contributed by atoms with Gasteiger partial charge in [0.05, 0.1) is 23.4 Å².